The molecule has 4 rings (SSSR count). The fourth-order valence-electron chi connectivity index (χ4n) is 3.28. The lowest BCUT2D eigenvalue weighted by atomic mass is 10.1. The molecule has 0 N–H and O–H groups in total. The van der Waals surface area contributed by atoms with Crippen LogP contribution in [-0.2, 0) is 7.05 Å². The van der Waals surface area contributed by atoms with E-state index in [1.165, 1.54) is 12.1 Å². The van der Waals surface area contributed by atoms with Gasteiger partial charge in [0.05, 0.1) is 17.8 Å². The van der Waals surface area contributed by atoms with Crippen LogP contribution in [0, 0.1) is 5.82 Å². The van der Waals surface area contributed by atoms with Gasteiger partial charge in [-0.3, -0.25) is 9.48 Å². The molecule has 128 valence electrons. The first-order chi connectivity index (χ1) is 12.1. The zero-order valence-electron chi connectivity index (χ0n) is 13.7. The predicted molar refractivity (Wildman–Crippen MR) is 88.1 cm³/mol. The number of aromatic nitrogens is 3. The van der Waals surface area contributed by atoms with Gasteiger partial charge in [-0.2, -0.15) is 5.10 Å². The Bertz CT molecular complexity index is 917. The molecule has 3 heterocycles. The summed E-state index contributed by atoms with van der Waals surface area (Å²) >= 11 is 0. The summed E-state index contributed by atoms with van der Waals surface area (Å²) in [5, 5.41) is 8.04. The van der Waals surface area contributed by atoms with E-state index in [2.05, 4.69) is 10.3 Å². The monoisotopic (exact) mass is 340 g/mol. The Hall–Kier alpha value is -2.96. The second-order valence-electron chi connectivity index (χ2n) is 6.16. The van der Waals surface area contributed by atoms with E-state index in [0.29, 0.717) is 12.1 Å². The van der Waals surface area contributed by atoms with Crippen LogP contribution < -0.4 is 0 Å². The highest BCUT2D eigenvalue weighted by atomic mass is 19.1. The van der Waals surface area contributed by atoms with Gasteiger partial charge in [0.15, 0.2) is 11.5 Å². The highest BCUT2D eigenvalue weighted by Crippen LogP contribution is 2.33. The number of benzene rings is 1. The van der Waals surface area contributed by atoms with Gasteiger partial charge >= 0.3 is 0 Å². The van der Waals surface area contributed by atoms with Gasteiger partial charge in [0.2, 0.25) is 0 Å². The van der Waals surface area contributed by atoms with Crippen LogP contribution in [0.5, 0.6) is 0 Å². The molecule has 2 aromatic heterocycles. The molecular formula is C18H17FN4O2. The fourth-order valence-corrected chi connectivity index (χ4v) is 3.28. The number of nitrogens with zero attached hydrogens (tertiary/aromatic N) is 4. The van der Waals surface area contributed by atoms with Gasteiger partial charge in [-0.15, -0.1) is 0 Å². The topological polar surface area (TPSA) is 64.2 Å². The van der Waals surface area contributed by atoms with Gasteiger partial charge in [-0.25, -0.2) is 4.39 Å². The van der Waals surface area contributed by atoms with Crippen LogP contribution in [0.3, 0.4) is 0 Å². The number of hydrogen-bond donors (Lipinski definition) is 0. The lowest BCUT2D eigenvalue weighted by Crippen LogP contribution is -2.30. The van der Waals surface area contributed by atoms with Crippen LogP contribution in [-0.4, -0.2) is 32.3 Å². The minimum Gasteiger partial charge on any atom is -0.355 e. The smallest absolute Gasteiger partial charge is 0.276 e. The van der Waals surface area contributed by atoms with Crippen LogP contribution >= 0.6 is 0 Å². The molecule has 0 radical (unpaired) electrons. The van der Waals surface area contributed by atoms with Gasteiger partial charge in [0, 0.05) is 31.4 Å². The number of aryl methyl sites for hydroxylation is 1. The zero-order chi connectivity index (χ0) is 17.4. The maximum Gasteiger partial charge on any atom is 0.276 e. The van der Waals surface area contributed by atoms with Gasteiger partial charge in [0.25, 0.3) is 5.91 Å². The summed E-state index contributed by atoms with van der Waals surface area (Å²) in [6.07, 6.45) is 5.51. The highest BCUT2D eigenvalue weighted by molar-refractivity contribution is 5.93. The molecule has 0 spiro atoms. The van der Waals surface area contributed by atoms with E-state index in [1.807, 2.05) is 13.2 Å². The molecule has 25 heavy (non-hydrogen) atoms. The summed E-state index contributed by atoms with van der Waals surface area (Å²) in [6.45, 7) is 0.653. The van der Waals surface area contributed by atoms with Crippen molar-refractivity contribution in [2.24, 2.45) is 7.05 Å². The van der Waals surface area contributed by atoms with Crippen LogP contribution in [0.4, 0.5) is 4.39 Å². The van der Waals surface area contributed by atoms with Crippen LogP contribution in [0.15, 0.2) is 47.2 Å². The van der Waals surface area contributed by atoms with Crippen molar-refractivity contribution in [3.05, 3.63) is 59.8 Å². The summed E-state index contributed by atoms with van der Waals surface area (Å²) in [5.41, 5.74) is 1.49. The minimum absolute atomic E-state index is 0.0187. The summed E-state index contributed by atoms with van der Waals surface area (Å²) in [4.78, 5) is 14.6. The number of likely N-dealkylation sites (tertiary alicyclic amines) is 1. The van der Waals surface area contributed by atoms with Gasteiger partial charge < -0.3 is 9.42 Å². The zero-order valence-corrected chi connectivity index (χ0v) is 13.7. The maximum atomic E-state index is 13.9. The number of amides is 1. The Kier molecular flexibility index (Phi) is 3.83. The average Bonchev–Trinajstić information content (AvgIpc) is 3.34. The first kappa shape index (κ1) is 15.6. The Morgan fingerprint density at radius 2 is 2.20 bits per heavy atom. The van der Waals surface area contributed by atoms with E-state index in [4.69, 9.17) is 4.52 Å². The number of carbonyl (C=O) groups excluding carboxylic acids is 1. The molecule has 0 unspecified atom stereocenters. The van der Waals surface area contributed by atoms with E-state index < -0.39 is 5.82 Å². The third-order valence-electron chi connectivity index (χ3n) is 4.49. The number of carbonyl (C=O) groups is 1. The molecule has 0 aliphatic carbocycles. The summed E-state index contributed by atoms with van der Waals surface area (Å²) in [5.74, 6) is -0.372. The first-order valence-corrected chi connectivity index (χ1v) is 8.14. The maximum absolute atomic E-state index is 13.9. The van der Waals surface area contributed by atoms with Gasteiger partial charge in [-0.1, -0.05) is 17.3 Å². The van der Waals surface area contributed by atoms with Crippen LogP contribution in [0.2, 0.25) is 0 Å². The van der Waals surface area contributed by atoms with Crippen LogP contribution in [0.1, 0.15) is 34.9 Å². The third-order valence-corrected chi connectivity index (χ3v) is 4.49. The molecule has 1 aliphatic heterocycles. The largest absolute Gasteiger partial charge is 0.355 e. The highest BCUT2D eigenvalue weighted by Gasteiger charge is 2.33. The van der Waals surface area contributed by atoms with Crippen LogP contribution in [0.25, 0.3) is 11.3 Å². The van der Waals surface area contributed by atoms with E-state index >= 15 is 0 Å². The number of hydrogen-bond acceptors (Lipinski definition) is 4. The Morgan fingerprint density at radius 1 is 1.36 bits per heavy atom. The first-order valence-electron chi connectivity index (χ1n) is 8.14. The SMILES string of the molecule is Cn1cc([C@@H]2CCCN2C(=O)c2cc(-c3ccccc3F)on2)cn1. The third kappa shape index (κ3) is 2.82. The summed E-state index contributed by atoms with van der Waals surface area (Å²) < 4.78 is 20.8. The van der Waals surface area contributed by atoms with Crippen molar-refractivity contribution >= 4 is 5.91 Å². The number of halogens is 1. The molecular weight excluding hydrogens is 323 g/mol. The lowest BCUT2D eigenvalue weighted by molar-refractivity contribution is 0.0725. The fraction of sp³-hybridized carbons (Fsp3) is 0.278. The summed E-state index contributed by atoms with van der Waals surface area (Å²) in [7, 11) is 1.85. The van der Waals surface area contributed by atoms with Crippen molar-refractivity contribution in [2.45, 2.75) is 18.9 Å². The molecule has 0 bridgehead atoms. The molecule has 3 aromatic rings. The molecule has 1 atom stereocenters. The van der Waals surface area contributed by atoms with E-state index in [-0.39, 0.29) is 23.4 Å². The van der Waals surface area contributed by atoms with Crippen molar-refractivity contribution in [3.8, 4) is 11.3 Å². The minimum atomic E-state index is -0.410. The van der Waals surface area contributed by atoms with E-state index in [1.54, 1.807) is 34.0 Å². The van der Waals surface area contributed by atoms with E-state index in [9.17, 15) is 9.18 Å². The van der Waals surface area contributed by atoms with Crippen molar-refractivity contribution in [1.29, 1.82) is 0 Å². The van der Waals surface area contributed by atoms with Crippen molar-refractivity contribution in [3.63, 3.8) is 0 Å². The Morgan fingerprint density at radius 3 is 2.96 bits per heavy atom. The van der Waals surface area contributed by atoms with Crippen molar-refractivity contribution in [2.75, 3.05) is 6.54 Å². The van der Waals surface area contributed by atoms with Crippen molar-refractivity contribution < 1.29 is 13.7 Å². The summed E-state index contributed by atoms with van der Waals surface area (Å²) in [6, 6.07) is 7.73. The standard InChI is InChI=1S/C18H17FN4O2/c1-22-11-12(10-20-22)16-7-4-8-23(16)18(24)15-9-17(25-21-15)13-5-2-3-6-14(13)19/h2-3,5-6,9-11,16H,4,7-8H2,1H3/t16-/m0/s1. The Labute approximate surface area is 143 Å². The predicted octanol–water partition coefficient (Wildman–Crippen LogP) is 3.19. The Balaban J connectivity index is 1.60. The molecule has 1 fully saturated rings. The van der Waals surface area contributed by atoms with Crippen molar-refractivity contribution in [1.82, 2.24) is 19.8 Å². The molecule has 1 aromatic carbocycles. The second kappa shape index (κ2) is 6.16. The van der Waals surface area contributed by atoms with Gasteiger partial charge in [0.1, 0.15) is 5.82 Å². The molecule has 7 heteroatoms. The normalized spacial score (nSPS) is 17.2. The molecule has 0 saturated carbocycles. The molecule has 6 nitrogen and oxygen atoms in total. The van der Waals surface area contributed by atoms with E-state index in [0.717, 1.165) is 18.4 Å². The van der Waals surface area contributed by atoms with Gasteiger partial charge in [-0.05, 0) is 25.0 Å². The average molecular weight is 340 g/mol. The molecule has 1 aliphatic rings. The lowest BCUT2D eigenvalue weighted by Gasteiger charge is -2.22. The number of rotatable bonds is 3. The second-order valence-corrected chi connectivity index (χ2v) is 6.16. The quantitative estimate of drug-likeness (QED) is 0.734. The molecule has 1 amide bonds. The molecule has 1 saturated heterocycles.